The van der Waals surface area contributed by atoms with Crippen molar-refractivity contribution < 1.29 is 9.53 Å². The van der Waals surface area contributed by atoms with Crippen molar-refractivity contribution in [2.24, 2.45) is 0 Å². The molecule has 4 heteroatoms. The van der Waals surface area contributed by atoms with Crippen molar-refractivity contribution in [1.29, 1.82) is 0 Å². The summed E-state index contributed by atoms with van der Waals surface area (Å²) in [6, 6.07) is 27.8. The maximum absolute atomic E-state index is 12.6. The average molecular weight is 370 g/mol. The standard InChI is InChI=1S/C24H22N2O2/c1-18-16-26(22-15-9-8-14-21(18)22)23(20-12-6-3-7-13-20)25-24(27)28-17-19-10-4-2-5-11-19/h2-16,23H,17H2,1H3,(H,25,27). The summed E-state index contributed by atoms with van der Waals surface area (Å²) in [5.74, 6) is 0. The van der Waals surface area contributed by atoms with Crippen LogP contribution in [0.25, 0.3) is 10.9 Å². The second kappa shape index (κ2) is 8.01. The number of ether oxygens (including phenoxy) is 1. The van der Waals surface area contributed by atoms with Gasteiger partial charge in [-0.2, -0.15) is 0 Å². The lowest BCUT2D eigenvalue weighted by molar-refractivity contribution is 0.134. The minimum Gasteiger partial charge on any atom is -0.445 e. The van der Waals surface area contributed by atoms with E-state index in [9.17, 15) is 4.79 Å². The van der Waals surface area contributed by atoms with Crippen LogP contribution in [0.2, 0.25) is 0 Å². The van der Waals surface area contributed by atoms with Crippen molar-refractivity contribution in [3.05, 3.63) is 108 Å². The first-order valence-corrected chi connectivity index (χ1v) is 9.31. The number of nitrogens with zero attached hydrogens (tertiary/aromatic N) is 1. The molecule has 0 aliphatic carbocycles. The van der Waals surface area contributed by atoms with Gasteiger partial charge in [0, 0.05) is 11.6 Å². The summed E-state index contributed by atoms with van der Waals surface area (Å²) in [6.07, 6.45) is 1.26. The van der Waals surface area contributed by atoms with Gasteiger partial charge in [-0.15, -0.1) is 0 Å². The Morgan fingerprint density at radius 2 is 1.57 bits per heavy atom. The Balaban J connectivity index is 1.62. The zero-order chi connectivity index (χ0) is 19.3. The Labute approximate surface area is 164 Å². The highest BCUT2D eigenvalue weighted by Gasteiger charge is 2.19. The minimum atomic E-state index is -0.451. The third-order valence-corrected chi connectivity index (χ3v) is 4.80. The highest BCUT2D eigenvalue weighted by Crippen LogP contribution is 2.26. The molecule has 1 heterocycles. The van der Waals surface area contributed by atoms with Crippen LogP contribution < -0.4 is 5.32 Å². The maximum atomic E-state index is 12.6. The molecule has 0 aliphatic heterocycles. The van der Waals surface area contributed by atoms with Gasteiger partial charge in [-0.3, -0.25) is 5.32 Å². The van der Waals surface area contributed by atoms with E-state index >= 15 is 0 Å². The first-order chi connectivity index (χ1) is 13.7. The predicted molar refractivity (Wildman–Crippen MR) is 111 cm³/mol. The normalized spacial score (nSPS) is 11.9. The van der Waals surface area contributed by atoms with Gasteiger partial charge >= 0.3 is 6.09 Å². The Bertz CT molecular complexity index is 1070. The van der Waals surface area contributed by atoms with E-state index in [-0.39, 0.29) is 12.8 Å². The van der Waals surface area contributed by atoms with E-state index in [2.05, 4.69) is 35.1 Å². The number of hydrogen-bond donors (Lipinski definition) is 1. The number of fused-ring (bicyclic) bond motifs is 1. The summed E-state index contributed by atoms with van der Waals surface area (Å²) < 4.78 is 7.54. The Kier molecular flexibility index (Phi) is 5.11. The van der Waals surface area contributed by atoms with Gasteiger partial charge in [0.2, 0.25) is 0 Å². The molecule has 1 amide bonds. The number of amides is 1. The fraction of sp³-hybridized carbons (Fsp3) is 0.125. The smallest absolute Gasteiger partial charge is 0.409 e. The number of benzene rings is 3. The fourth-order valence-corrected chi connectivity index (χ4v) is 3.42. The van der Waals surface area contributed by atoms with Gasteiger partial charge in [-0.25, -0.2) is 4.79 Å². The molecule has 1 atom stereocenters. The van der Waals surface area contributed by atoms with Gasteiger partial charge in [-0.05, 0) is 29.7 Å². The van der Waals surface area contributed by atoms with Crippen LogP contribution in [0, 0.1) is 6.92 Å². The quantitative estimate of drug-likeness (QED) is 0.509. The second-order valence-corrected chi connectivity index (χ2v) is 6.76. The molecule has 0 bridgehead atoms. The number of carbonyl (C=O) groups excluding carboxylic acids is 1. The number of carbonyl (C=O) groups is 1. The zero-order valence-electron chi connectivity index (χ0n) is 15.7. The molecule has 4 nitrogen and oxygen atoms in total. The van der Waals surface area contributed by atoms with E-state index < -0.39 is 6.09 Å². The monoisotopic (exact) mass is 370 g/mol. The highest BCUT2D eigenvalue weighted by atomic mass is 16.5. The number of alkyl carbamates (subject to hydrolysis) is 1. The number of hydrogen-bond acceptors (Lipinski definition) is 2. The minimum absolute atomic E-state index is 0.236. The number of aryl methyl sites for hydroxylation is 1. The largest absolute Gasteiger partial charge is 0.445 e. The summed E-state index contributed by atoms with van der Waals surface area (Å²) in [5.41, 5.74) is 4.17. The van der Waals surface area contributed by atoms with E-state index in [4.69, 9.17) is 4.74 Å². The maximum Gasteiger partial charge on any atom is 0.409 e. The molecule has 4 rings (SSSR count). The molecule has 4 aromatic rings. The van der Waals surface area contributed by atoms with Gasteiger partial charge in [0.1, 0.15) is 12.8 Å². The highest BCUT2D eigenvalue weighted by molar-refractivity contribution is 5.84. The molecule has 3 aromatic carbocycles. The third kappa shape index (κ3) is 3.76. The van der Waals surface area contributed by atoms with Crippen molar-refractivity contribution in [2.75, 3.05) is 0 Å². The molecule has 1 unspecified atom stereocenters. The van der Waals surface area contributed by atoms with Crippen LogP contribution in [0.3, 0.4) is 0 Å². The van der Waals surface area contributed by atoms with Crippen molar-refractivity contribution in [1.82, 2.24) is 9.88 Å². The van der Waals surface area contributed by atoms with E-state index in [0.29, 0.717) is 0 Å². The molecule has 0 aliphatic rings. The van der Waals surface area contributed by atoms with E-state index in [1.165, 1.54) is 5.39 Å². The molecule has 0 radical (unpaired) electrons. The molecule has 0 saturated carbocycles. The van der Waals surface area contributed by atoms with E-state index in [1.54, 1.807) is 0 Å². The number of aromatic nitrogens is 1. The van der Waals surface area contributed by atoms with Crippen LogP contribution in [-0.2, 0) is 11.3 Å². The number of nitrogens with one attached hydrogen (secondary N) is 1. The molecular weight excluding hydrogens is 348 g/mol. The molecule has 28 heavy (non-hydrogen) atoms. The fourth-order valence-electron chi connectivity index (χ4n) is 3.42. The lowest BCUT2D eigenvalue weighted by atomic mass is 10.1. The summed E-state index contributed by atoms with van der Waals surface area (Å²) in [7, 11) is 0. The van der Waals surface area contributed by atoms with Crippen LogP contribution in [-0.4, -0.2) is 10.7 Å². The van der Waals surface area contributed by atoms with Gasteiger partial charge in [0.15, 0.2) is 0 Å². The van der Waals surface area contributed by atoms with Crippen molar-refractivity contribution in [2.45, 2.75) is 19.7 Å². The average Bonchev–Trinajstić information content (AvgIpc) is 3.08. The van der Waals surface area contributed by atoms with Crippen LogP contribution >= 0.6 is 0 Å². The van der Waals surface area contributed by atoms with Crippen LogP contribution in [0.4, 0.5) is 4.79 Å². The molecule has 0 spiro atoms. The van der Waals surface area contributed by atoms with Gasteiger partial charge in [-0.1, -0.05) is 78.9 Å². The first-order valence-electron chi connectivity index (χ1n) is 9.31. The molecular formula is C24H22N2O2. The summed E-state index contributed by atoms with van der Waals surface area (Å²) in [6.45, 7) is 2.31. The Morgan fingerprint density at radius 3 is 2.32 bits per heavy atom. The summed E-state index contributed by atoms with van der Waals surface area (Å²) in [4.78, 5) is 12.6. The number of rotatable bonds is 5. The zero-order valence-corrected chi connectivity index (χ0v) is 15.7. The van der Waals surface area contributed by atoms with Gasteiger partial charge < -0.3 is 9.30 Å². The SMILES string of the molecule is Cc1cn(C(NC(=O)OCc2ccccc2)c2ccccc2)c2ccccc12. The molecule has 0 saturated heterocycles. The summed E-state index contributed by atoms with van der Waals surface area (Å²) >= 11 is 0. The van der Waals surface area contributed by atoms with Gasteiger partial charge in [0.05, 0.1) is 5.52 Å². The van der Waals surface area contributed by atoms with Crippen molar-refractivity contribution >= 4 is 17.0 Å². The van der Waals surface area contributed by atoms with Crippen LogP contribution in [0.1, 0.15) is 22.9 Å². The topological polar surface area (TPSA) is 43.3 Å². The lowest BCUT2D eigenvalue weighted by Crippen LogP contribution is -2.33. The van der Waals surface area contributed by atoms with Crippen LogP contribution in [0.15, 0.2) is 91.1 Å². The third-order valence-electron chi connectivity index (χ3n) is 4.80. The van der Waals surface area contributed by atoms with Crippen molar-refractivity contribution in [3.8, 4) is 0 Å². The Morgan fingerprint density at radius 1 is 0.929 bits per heavy atom. The van der Waals surface area contributed by atoms with E-state index in [1.807, 2.05) is 72.8 Å². The van der Waals surface area contributed by atoms with Crippen molar-refractivity contribution in [3.63, 3.8) is 0 Å². The predicted octanol–water partition coefficient (Wildman–Crippen LogP) is 5.42. The molecule has 1 aromatic heterocycles. The number of para-hydroxylation sites is 1. The molecule has 1 N–H and O–H groups in total. The second-order valence-electron chi connectivity index (χ2n) is 6.76. The first kappa shape index (κ1) is 17.9. The Hall–Kier alpha value is -3.53. The van der Waals surface area contributed by atoms with Crippen LogP contribution in [0.5, 0.6) is 0 Å². The van der Waals surface area contributed by atoms with Gasteiger partial charge in [0.25, 0.3) is 0 Å². The molecule has 0 fully saturated rings. The lowest BCUT2D eigenvalue weighted by Gasteiger charge is -2.22. The molecule has 140 valence electrons. The van der Waals surface area contributed by atoms with E-state index in [0.717, 1.165) is 22.2 Å². The summed E-state index contributed by atoms with van der Waals surface area (Å²) in [5, 5.41) is 4.20.